The van der Waals surface area contributed by atoms with Crippen molar-refractivity contribution in [2.75, 3.05) is 33.5 Å². The lowest BCUT2D eigenvalue weighted by Crippen LogP contribution is -2.26. The molecule has 16 heavy (non-hydrogen) atoms. The number of rotatable bonds is 10. The molecule has 0 aliphatic carbocycles. The molecule has 98 valence electrons. The fourth-order valence-electron chi connectivity index (χ4n) is 1.05. The van der Waals surface area contributed by atoms with Crippen molar-refractivity contribution in [1.29, 1.82) is 0 Å². The van der Waals surface area contributed by atoms with E-state index in [1.54, 1.807) is 7.11 Å². The molecule has 0 aromatic heterocycles. The molecule has 0 amide bonds. The lowest BCUT2D eigenvalue weighted by Gasteiger charge is -2.19. The molecule has 4 heteroatoms. The van der Waals surface area contributed by atoms with Crippen LogP contribution >= 0.6 is 0 Å². The van der Waals surface area contributed by atoms with Gasteiger partial charge in [-0.25, -0.2) is 0 Å². The quantitative estimate of drug-likeness (QED) is 0.578. The molecule has 0 aromatic rings. The monoisotopic (exact) mass is 234 g/mol. The van der Waals surface area contributed by atoms with Crippen molar-refractivity contribution in [2.24, 2.45) is 0 Å². The van der Waals surface area contributed by atoms with Gasteiger partial charge in [0.15, 0.2) is 0 Å². The topological polar surface area (TPSA) is 36.9 Å². The molecule has 0 rings (SSSR count). The van der Waals surface area contributed by atoms with Gasteiger partial charge >= 0.3 is 0 Å². The third-order valence-electron chi connectivity index (χ3n) is 2.19. The lowest BCUT2D eigenvalue weighted by atomic mass is 10.4. The first-order valence-corrected chi connectivity index (χ1v) is 5.93. The predicted molar refractivity (Wildman–Crippen MR) is 63.8 cm³/mol. The second-order valence-corrected chi connectivity index (χ2v) is 3.99. The van der Waals surface area contributed by atoms with E-state index in [0.717, 1.165) is 6.61 Å². The minimum Gasteiger partial charge on any atom is -0.379 e. The molecular weight excluding hydrogens is 208 g/mol. The number of ether oxygens (including phenoxy) is 4. The van der Waals surface area contributed by atoms with Crippen LogP contribution in [-0.2, 0) is 18.9 Å². The molecule has 0 saturated heterocycles. The Kier molecular flexibility index (Phi) is 9.92. The van der Waals surface area contributed by atoms with Crippen LogP contribution in [0.1, 0.15) is 27.7 Å². The van der Waals surface area contributed by atoms with Crippen LogP contribution in [0.25, 0.3) is 0 Å². The van der Waals surface area contributed by atoms with Crippen LogP contribution in [0, 0.1) is 0 Å². The van der Waals surface area contributed by atoms with Gasteiger partial charge in [-0.1, -0.05) is 0 Å². The first-order valence-electron chi connectivity index (χ1n) is 5.93. The summed E-state index contributed by atoms with van der Waals surface area (Å²) in [5.74, 6) is 0. The average molecular weight is 234 g/mol. The normalized spacial score (nSPS) is 17.1. The Morgan fingerprint density at radius 3 is 1.81 bits per heavy atom. The summed E-state index contributed by atoms with van der Waals surface area (Å²) in [4.78, 5) is 0. The van der Waals surface area contributed by atoms with E-state index in [-0.39, 0.29) is 18.3 Å². The molecule has 0 bridgehead atoms. The summed E-state index contributed by atoms with van der Waals surface area (Å²) in [5, 5.41) is 0. The Morgan fingerprint density at radius 1 is 0.812 bits per heavy atom. The Balaban J connectivity index is 3.45. The minimum absolute atomic E-state index is 0.0849. The summed E-state index contributed by atoms with van der Waals surface area (Å²) in [6.07, 6.45) is 0.329. The summed E-state index contributed by atoms with van der Waals surface area (Å²) in [6, 6.07) is 0. The fourth-order valence-corrected chi connectivity index (χ4v) is 1.05. The van der Waals surface area contributed by atoms with Gasteiger partial charge in [-0.15, -0.1) is 0 Å². The highest BCUT2D eigenvalue weighted by Gasteiger charge is 2.08. The Labute approximate surface area is 99.2 Å². The van der Waals surface area contributed by atoms with Crippen LogP contribution < -0.4 is 0 Å². The summed E-state index contributed by atoms with van der Waals surface area (Å²) in [6.45, 7) is 10.5. The highest BCUT2D eigenvalue weighted by molar-refractivity contribution is 4.54. The van der Waals surface area contributed by atoms with Gasteiger partial charge in [0.05, 0.1) is 38.1 Å². The maximum atomic E-state index is 5.58. The Morgan fingerprint density at radius 2 is 1.31 bits per heavy atom. The molecular formula is C12H26O4. The van der Waals surface area contributed by atoms with E-state index in [1.165, 1.54) is 0 Å². The van der Waals surface area contributed by atoms with Gasteiger partial charge in [-0.2, -0.15) is 0 Å². The van der Waals surface area contributed by atoms with Gasteiger partial charge in [0.2, 0.25) is 0 Å². The van der Waals surface area contributed by atoms with Gasteiger partial charge in [-0.05, 0) is 27.7 Å². The highest BCUT2D eigenvalue weighted by Crippen LogP contribution is 1.99. The molecule has 0 saturated carbocycles. The van der Waals surface area contributed by atoms with Crippen LogP contribution in [0.15, 0.2) is 0 Å². The molecule has 3 atom stereocenters. The van der Waals surface area contributed by atoms with E-state index >= 15 is 0 Å². The lowest BCUT2D eigenvalue weighted by molar-refractivity contribution is -0.0737. The largest absolute Gasteiger partial charge is 0.379 e. The second kappa shape index (κ2) is 10.0. The van der Waals surface area contributed by atoms with Crippen LogP contribution in [-0.4, -0.2) is 51.8 Å². The number of hydrogen-bond donors (Lipinski definition) is 0. The van der Waals surface area contributed by atoms with E-state index in [2.05, 4.69) is 0 Å². The van der Waals surface area contributed by atoms with Crippen molar-refractivity contribution in [2.45, 2.75) is 46.0 Å². The molecule has 0 aliphatic heterocycles. The van der Waals surface area contributed by atoms with E-state index in [1.807, 2.05) is 27.7 Å². The van der Waals surface area contributed by atoms with E-state index in [4.69, 9.17) is 18.9 Å². The molecule has 4 nitrogen and oxygen atoms in total. The smallest absolute Gasteiger partial charge is 0.0781 e. The first kappa shape index (κ1) is 15.8. The number of hydrogen-bond acceptors (Lipinski definition) is 4. The molecule has 0 aliphatic rings. The zero-order valence-corrected chi connectivity index (χ0v) is 11.2. The van der Waals surface area contributed by atoms with Crippen LogP contribution in [0.3, 0.4) is 0 Å². The second-order valence-electron chi connectivity index (χ2n) is 3.99. The van der Waals surface area contributed by atoms with Crippen molar-refractivity contribution >= 4 is 0 Å². The van der Waals surface area contributed by atoms with Crippen molar-refractivity contribution in [3.8, 4) is 0 Å². The summed E-state index contributed by atoms with van der Waals surface area (Å²) in [7, 11) is 1.68. The van der Waals surface area contributed by atoms with Gasteiger partial charge in [0, 0.05) is 13.7 Å². The zero-order valence-electron chi connectivity index (χ0n) is 11.2. The van der Waals surface area contributed by atoms with Crippen LogP contribution in [0.4, 0.5) is 0 Å². The van der Waals surface area contributed by atoms with Crippen molar-refractivity contribution < 1.29 is 18.9 Å². The third kappa shape index (κ3) is 9.09. The first-order chi connectivity index (χ1) is 7.60. The van der Waals surface area contributed by atoms with Crippen molar-refractivity contribution in [3.63, 3.8) is 0 Å². The fraction of sp³-hybridized carbons (Fsp3) is 1.00. The molecule has 0 heterocycles. The predicted octanol–water partition coefficient (Wildman–Crippen LogP) is 1.87. The van der Waals surface area contributed by atoms with Gasteiger partial charge in [0.25, 0.3) is 0 Å². The maximum absolute atomic E-state index is 5.58. The van der Waals surface area contributed by atoms with E-state index in [9.17, 15) is 0 Å². The van der Waals surface area contributed by atoms with Crippen molar-refractivity contribution in [1.82, 2.24) is 0 Å². The molecule has 3 unspecified atom stereocenters. The van der Waals surface area contributed by atoms with E-state index < -0.39 is 0 Å². The molecule has 0 spiro atoms. The SMILES string of the molecule is CCOCC(C)OCC(C)OCC(C)OC. The van der Waals surface area contributed by atoms with Crippen molar-refractivity contribution in [3.05, 3.63) is 0 Å². The summed E-state index contributed by atoms with van der Waals surface area (Å²) >= 11 is 0. The number of methoxy groups -OCH3 is 1. The Bertz CT molecular complexity index is 152. The van der Waals surface area contributed by atoms with Crippen LogP contribution in [0.5, 0.6) is 0 Å². The summed E-state index contributed by atoms with van der Waals surface area (Å²) in [5.41, 5.74) is 0. The minimum atomic E-state index is 0.0849. The average Bonchev–Trinajstić information content (AvgIpc) is 2.30. The molecule has 0 fully saturated rings. The van der Waals surface area contributed by atoms with Gasteiger partial charge in [-0.3, -0.25) is 0 Å². The highest BCUT2D eigenvalue weighted by atomic mass is 16.6. The Hall–Kier alpha value is -0.160. The standard InChI is InChI=1S/C12H26O4/c1-6-14-7-11(3)16-9-12(4)15-8-10(2)13-5/h10-12H,6-9H2,1-5H3. The molecule has 0 aromatic carbocycles. The zero-order chi connectivity index (χ0) is 12.4. The van der Waals surface area contributed by atoms with E-state index in [0.29, 0.717) is 19.8 Å². The third-order valence-corrected chi connectivity index (χ3v) is 2.19. The van der Waals surface area contributed by atoms with Crippen LogP contribution in [0.2, 0.25) is 0 Å². The molecule has 0 radical (unpaired) electrons. The summed E-state index contributed by atoms with van der Waals surface area (Å²) < 4.78 is 21.5. The molecule has 0 N–H and O–H groups in total. The van der Waals surface area contributed by atoms with Gasteiger partial charge in [0.1, 0.15) is 0 Å². The maximum Gasteiger partial charge on any atom is 0.0781 e. The van der Waals surface area contributed by atoms with Gasteiger partial charge < -0.3 is 18.9 Å².